The molecule has 1 aromatic carbocycles. The van der Waals surface area contributed by atoms with E-state index in [0.717, 1.165) is 22.4 Å². The molecular weight excluding hydrogens is 317 g/mol. The van der Waals surface area contributed by atoms with E-state index in [4.69, 9.17) is 14.8 Å². The number of aromatic nitrogens is 1. The van der Waals surface area contributed by atoms with E-state index in [0.29, 0.717) is 23.5 Å². The maximum absolute atomic E-state index is 9.11. The number of hydrogen-bond acceptors (Lipinski definition) is 5. The molecule has 1 aromatic heterocycles. The number of aryl methyl sites for hydroxylation is 2. The summed E-state index contributed by atoms with van der Waals surface area (Å²) in [5, 5.41) is 21.3. The molecule has 0 spiro atoms. The van der Waals surface area contributed by atoms with Crippen molar-refractivity contribution in [2.75, 3.05) is 7.11 Å². The van der Waals surface area contributed by atoms with Gasteiger partial charge in [-0.15, -0.1) is 0 Å². The molecule has 130 valence electrons. The lowest BCUT2D eigenvalue weighted by atomic mass is 9.82. The summed E-state index contributed by atoms with van der Waals surface area (Å²) < 4.78 is 5.40. The van der Waals surface area contributed by atoms with Crippen molar-refractivity contribution in [2.45, 2.75) is 20.4 Å². The highest BCUT2D eigenvalue weighted by Gasteiger charge is 2.12. The first-order valence-electron chi connectivity index (χ1n) is 7.84. The molecule has 6 nitrogen and oxygen atoms in total. The number of ether oxygens (including phenoxy) is 1. The molecule has 0 aliphatic heterocycles. The van der Waals surface area contributed by atoms with Crippen LogP contribution in [0.1, 0.15) is 22.4 Å². The van der Waals surface area contributed by atoms with Crippen LogP contribution in [0.15, 0.2) is 48.2 Å². The average Bonchev–Trinajstić information content (AvgIpc) is 2.59. The van der Waals surface area contributed by atoms with Gasteiger partial charge in [0.1, 0.15) is 11.6 Å². The third kappa shape index (κ3) is 4.68. The van der Waals surface area contributed by atoms with Gasteiger partial charge in [-0.2, -0.15) is 0 Å². The molecule has 0 saturated heterocycles. The van der Waals surface area contributed by atoms with Gasteiger partial charge in [0.2, 0.25) is 0 Å². The number of methoxy groups -OCH3 is 1. The Balaban J connectivity index is 2.31. The summed E-state index contributed by atoms with van der Waals surface area (Å²) in [7, 11) is 0.117. The van der Waals surface area contributed by atoms with E-state index in [9.17, 15) is 0 Å². The van der Waals surface area contributed by atoms with E-state index in [-0.39, 0.29) is 0 Å². The number of hydrogen-bond donors (Lipinski definition) is 3. The number of pyridine rings is 1. The van der Waals surface area contributed by atoms with Gasteiger partial charge in [0, 0.05) is 17.2 Å². The van der Waals surface area contributed by atoms with Crippen LogP contribution < -0.4 is 15.5 Å². The third-order valence-electron chi connectivity index (χ3n) is 3.78. The summed E-state index contributed by atoms with van der Waals surface area (Å²) in [6.07, 6.45) is 3.00. The lowest BCUT2D eigenvalue weighted by Crippen LogP contribution is -2.30. The minimum atomic E-state index is -1.52. The first-order chi connectivity index (χ1) is 12.0. The predicted molar refractivity (Wildman–Crippen MR) is 100 cm³/mol. The average molecular weight is 339 g/mol. The van der Waals surface area contributed by atoms with Gasteiger partial charge in [0.05, 0.1) is 19.3 Å². The first-order valence-corrected chi connectivity index (χ1v) is 7.84. The first kappa shape index (κ1) is 18.7. The molecule has 2 rings (SSSR count). The molecule has 0 unspecified atom stereocenters. The zero-order valence-corrected chi connectivity index (χ0v) is 14.7. The molecule has 0 bridgehead atoms. The fourth-order valence-electron chi connectivity index (χ4n) is 2.45. The maximum Gasteiger partial charge on any atom is 0.490 e. The second-order valence-corrected chi connectivity index (χ2v) is 5.61. The second-order valence-electron chi connectivity index (χ2n) is 5.61. The van der Waals surface area contributed by atoms with Gasteiger partial charge >= 0.3 is 7.12 Å². The summed E-state index contributed by atoms with van der Waals surface area (Å²) in [5.74, 6) is 1.46. The highest BCUT2D eigenvalue weighted by molar-refractivity contribution is 6.58. The zero-order valence-electron chi connectivity index (χ0n) is 14.7. The summed E-state index contributed by atoms with van der Waals surface area (Å²) in [4.78, 5) is 8.78. The second kappa shape index (κ2) is 8.46. The van der Waals surface area contributed by atoms with Crippen molar-refractivity contribution in [1.29, 1.82) is 0 Å². The van der Waals surface area contributed by atoms with Gasteiger partial charge in [0.25, 0.3) is 0 Å². The minimum Gasteiger partial charge on any atom is -0.496 e. The fourth-order valence-corrected chi connectivity index (χ4v) is 2.45. The quantitative estimate of drug-likeness (QED) is 0.416. The SMILES string of the molecule is C=CNC(=NCc1ccc(B(O)O)cn1)c1cc(OC)c(C)cc1C. The summed E-state index contributed by atoms with van der Waals surface area (Å²) in [6.45, 7) is 8.05. The summed E-state index contributed by atoms with van der Waals surface area (Å²) >= 11 is 0. The van der Waals surface area contributed by atoms with Crippen molar-refractivity contribution in [2.24, 2.45) is 4.99 Å². The summed E-state index contributed by atoms with van der Waals surface area (Å²) in [6, 6.07) is 7.32. The molecule has 0 aliphatic rings. The van der Waals surface area contributed by atoms with Gasteiger partial charge in [-0.25, -0.2) is 0 Å². The van der Waals surface area contributed by atoms with Crippen LogP contribution in [-0.4, -0.2) is 35.1 Å². The van der Waals surface area contributed by atoms with Crippen LogP contribution in [0, 0.1) is 13.8 Å². The Kier molecular flexibility index (Phi) is 6.33. The number of aliphatic imine (C=N–C) groups is 1. The number of amidine groups is 1. The van der Waals surface area contributed by atoms with E-state index in [1.807, 2.05) is 26.0 Å². The van der Waals surface area contributed by atoms with Crippen molar-refractivity contribution in [3.63, 3.8) is 0 Å². The van der Waals surface area contributed by atoms with Gasteiger partial charge in [0.15, 0.2) is 0 Å². The Labute approximate surface area is 148 Å². The topological polar surface area (TPSA) is 87.0 Å². The molecule has 0 amide bonds. The number of benzene rings is 1. The number of nitrogens with one attached hydrogen (secondary N) is 1. The van der Waals surface area contributed by atoms with Crippen LogP contribution >= 0.6 is 0 Å². The Morgan fingerprint density at radius 1 is 1.32 bits per heavy atom. The molecule has 0 saturated carbocycles. The van der Waals surface area contributed by atoms with Crippen molar-refractivity contribution in [3.8, 4) is 5.75 Å². The van der Waals surface area contributed by atoms with Crippen LogP contribution in [0.2, 0.25) is 0 Å². The molecule has 3 N–H and O–H groups in total. The van der Waals surface area contributed by atoms with Crippen LogP contribution in [-0.2, 0) is 6.54 Å². The third-order valence-corrected chi connectivity index (χ3v) is 3.78. The molecule has 7 heteroatoms. The van der Waals surface area contributed by atoms with Gasteiger partial charge in [-0.3, -0.25) is 9.98 Å². The van der Waals surface area contributed by atoms with Crippen LogP contribution in [0.3, 0.4) is 0 Å². The highest BCUT2D eigenvalue weighted by Crippen LogP contribution is 2.23. The smallest absolute Gasteiger partial charge is 0.490 e. The molecule has 0 radical (unpaired) electrons. The Morgan fingerprint density at radius 3 is 2.64 bits per heavy atom. The zero-order chi connectivity index (χ0) is 18.4. The molecule has 0 fully saturated rings. The van der Waals surface area contributed by atoms with Crippen LogP contribution in [0.4, 0.5) is 0 Å². The van der Waals surface area contributed by atoms with E-state index in [1.54, 1.807) is 25.4 Å². The molecule has 0 aliphatic carbocycles. The molecule has 0 atom stereocenters. The van der Waals surface area contributed by atoms with Gasteiger partial charge in [-0.1, -0.05) is 18.7 Å². The van der Waals surface area contributed by atoms with Crippen molar-refractivity contribution < 1.29 is 14.8 Å². The lowest BCUT2D eigenvalue weighted by Gasteiger charge is -2.13. The van der Waals surface area contributed by atoms with Gasteiger partial charge in [-0.05, 0) is 43.3 Å². The molecule has 1 heterocycles. The number of rotatable bonds is 6. The standard InChI is InChI=1S/C18H22BN3O3/c1-5-20-18(16-9-17(25-4)13(3)8-12(16)2)22-11-15-7-6-14(10-21-15)19(23)24/h5-10,23-24H,1,11H2,2-4H3,(H,20,22). The van der Waals surface area contributed by atoms with E-state index < -0.39 is 7.12 Å². The van der Waals surface area contributed by atoms with Crippen LogP contribution in [0.5, 0.6) is 5.75 Å². The van der Waals surface area contributed by atoms with E-state index in [2.05, 4.69) is 21.9 Å². The Morgan fingerprint density at radius 2 is 2.08 bits per heavy atom. The van der Waals surface area contributed by atoms with Crippen molar-refractivity contribution >= 4 is 18.4 Å². The number of nitrogens with zero attached hydrogens (tertiary/aromatic N) is 2. The normalized spacial score (nSPS) is 11.2. The molecular formula is C18H22BN3O3. The van der Waals surface area contributed by atoms with E-state index >= 15 is 0 Å². The largest absolute Gasteiger partial charge is 0.496 e. The minimum absolute atomic E-state index is 0.341. The maximum atomic E-state index is 9.11. The molecule has 2 aromatic rings. The van der Waals surface area contributed by atoms with Crippen molar-refractivity contribution in [3.05, 3.63) is 65.6 Å². The molecule has 25 heavy (non-hydrogen) atoms. The fraction of sp³-hybridized carbons (Fsp3) is 0.222. The highest BCUT2D eigenvalue weighted by atomic mass is 16.5. The summed E-state index contributed by atoms with van der Waals surface area (Å²) in [5.41, 5.74) is 4.10. The van der Waals surface area contributed by atoms with Crippen LogP contribution in [0.25, 0.3) is 0 Å². The monoisotopic (exact) mass is 339 g/mol. The predicted octanol–water partition coefficient (Wildman–Crippen LogP) is 1.07. The lowest BCUT2D eigenvalue weighted by molar-refractivity contribution is 0.411. The van der Waals surface area contributed by atoms with Crippen molar-refractivity contribution in [1.82, 2.24) is 10.3 Å². The Hall–Kier alpha value is -2.64. The van der Waals surface area contributed by atoms with Gasteiger partial charge < -0.3 is 20.1 Å². The van der Waals surface area contributed by atoms with E-state index in [1.165, 1.54) is 6.20 Å². The Bertz CT molecular complexity index is 774.